The van der Waals surface area contributed by atoms with Crippen molar-refractivity contribution in [2.45, 2.75) is 13.3 Å². The van der Waals surface area contributed by atoms with Gasteiger partial charge >= 0.3 is 0 Å². The van der Waals surface area contributed by atoms with Gasteiger partial charge in [-0.2, -0.15) is 0 Å². The minimum absolute atomic E-state index is 0.100. The van der Waals surface area contributed by atoms with Gasteiger partial charge in [0.05, 0.1) is 0 Å². The van der Waals surface area contributed by atoms with E-state index in [1.165, 1.54) is 5.56 Å². The highest BCUT2D eigenvalue weighted by atomic mass is 16.1. The van der Waals surface area contributed by atoms with Gasteiger partial charge in [-0.05, 0) is 35.7 Å². The highest BCUT2D eigenvalue weighted by Gasteiger charge is 2.07. The molecule has 0 spiro atoms. The predicted octanol–water partition coefficient (Wildman–Crippen LogP) is 4.14. The molecule has 0 aromatic heterocycles. The second-order valence-electron chi connectivity index (χ2n) is 4.30. The van der Waals surface area contributed by atoms with Crippen LogP contribution in [-0.4, -0.2) is 5.91 Å². The largest absolute Gasteiger partial charge is 0.321 e. The summed E-state index contributed by atoms with van der Waals surface area (Å²) in [5.74, 6) is -0.100. The quantitative estimate of drug-likeness (QED) is 0.869. The van der Waals surface area contributed by atoms with Crippen LogP contribution in [0.1, 0.15) is 28.4 Å². The number of anilines is 1. The van der Waals surface area contributed by atoms with E-state index in [1.54, 1.807) is 6.08 Å². The van der Waals surface area contributed by atoms with Gasteiger partial charge in [-0.3, -0.25) is 4.79 Å². The average molecular weight is 251 g/mol. The molecule has 19 heavy (non-hydrogen) atoms. The van der Waals surface area contributed by atoms with Crippen LogP contribution in [0.15, 0.2) is 55.1 Å². The number of carbonyl (C=O) groups is 1. The van der Waals surface area contributed by atoms with Crippen LogP contribution < -0.4 is 5.32 Å². The van der Waals surface area contributed by atoms with Crippen LogP contribution in [0.2, 0.25) is 0 Å². The first-order chi connectivity index (χ1) is 9.24. The van der Waals surface area contributed by atoms with E-state index in [0.717, 1.165) is 17.7 Å². The van der Waals surface area contributed by atoms with Crippen LogP contribution in [0.4, 0.5) is 5.69 Å². The van der Waals surface area contributed by atoms with E-state index in [0.29, 0.717) is 5.56 Å². The maximum Gasteiger partial charge on any atom is 0.255 e. The topological polar surface area (TPSA) is 29.1 Å². The number of amides is 1. The Balaban J connectivity index is 2.18. The molecule has 1 amide bonds. The average Bonchev–Trinajstić information content (AvgIpc) is 2.48. The smallest absolute Gasteiger partial charge is 0.255 e. The first-order valence-corrected chi connectivity index (χ1v) is 6.36. The minimum atomic E-state index is -0.100. The van der Waals surface area contributed by atoms with E-state index in [9.17, 15) is 4.79 Å². The Morgan fingerprint density at radius 2 is 1.84 bits per heavy atom. The number of rotatable bonds is 4. The molecular formula is C17H17NO. The van der Waals surface area contributed by atoms with E-state index >= 15 is 0 Å². The van der Waals surface area contributed by atoms with E-state index < -0.39 is 0 Å². The van der Waals surface area contributed by atoms with Gasteiger partial charge in [0.15, 0.2) is 0 Å². The van der Waals surface area contributed by atoms with Crippen LogP contribution in [-0.2, 0) is 6.42 Å². The lowest BCUT2D eigenvalue weighted by Crippen LogP contribution is -2.12. The molecule has 2 aromatic rings. The number of carbonyl (C=O) groups excluding carboxylic acids is 1. The van der Waals surface area contributed by atoms with Crippen molar-refractivity contribution in [2.24, 2.45) is 0 Å². The standard InChI is InChI=1S/C17H17NO/c1-3-13-9-11-15(12-10-13)17(19)18-16-8-6-5-7-14(16)4-2/h4-12H,2-3H2,1H3,(H,18,19). The van der Waals surface area contributed by atoms with Crippen molar-refractivity contribution >= 4 is 17.7 Å². The molecule has 2 nitrogen and oxygen atoms in total. The molecule has 0 radical (unpaired) electrons. The van der Waals surface area contributed by atoms with E-state index in [1.807, 2.05) is 48.5 Å². The number of benzene rings is 2. The second-order valence-corrected chi connectivity index (χ2v) is 4.30. The Kier molecular flexibility index (Phi) is 4.14. The van der Waals surface area contributed by atoms with Crippen molar-refractivity contribution in [1.29, 1.82) is 0 Å². The van der Waals surface area contributed by atoms with Gasteiger partial charge in [0.1, 0.15) is 0 Å². The Morgan fingerprint density at radius 3 is 2.47 bits per heavy atom. The summed E-state index contributed by atoms with van der Waals surface area (Å²) in [5.41, 5.74) is 3.59. The molecule has 0 aliphatic carbocycles. The molecule has 2 aromatic carbocycles. The minimum Gasteiger partial charge on any atom is -0.321 e. The van der Waals surface area contributed by atoms with Crippen molar-refractivity contribution < 1.29 is 4.79 Å². The fourth-order valence-electron chi connectivity index (χ4n) is 1.88. The normalized spacial score (nSPS) is 9.95. The molecule has 2 heteroatoms. The fraction of sp³-hybridized carbons (Fsp3) is 0.118. The fourth-order valence-corrected chi connectivity index (χ4v) is 1.88. The van der Waals surface area contributed by atoms with Crippen LogP contribution in [0.5, 0.6) is 0 Å². The van der Waals surface area contributed by atoms with Gasteiger partial charge in [0.25, 0.3) is 5.91 Å². The zero-order chi connectivity index (χ0) is 13.7. The van der Waals surface area contributed by atoms with Crippen LogP contribution in [0.3, 0.4) is 0 Å². The van der Waals surface area contributed by atoms with Crippen LogP contribution in [0, 0.1) is 0 Å². The Bertz CT molecular complexity index is 584. The molecule has 2 rings (SSSR count). The van der Waals surface area contributed by atoms with Crippen molar-refractivity contribution in [3.05, 3.63) is 71.8 Å². The Hall–Kier alpha value is -2.35. The maximum atomic E-state index is 12.1. The summed E-state index contributed by atoms with van der Waals surface area (Å²) in [6, 6.07) is 15.3. The zero-order valence-electron chi connectivity index (χ0n) is 11.0. The molecule has 0 aliphatic rings. The highest BCUT2D eigenvalue weighted by Crippen LogP contribution is 2.17. The van der Waals surface area contributed by atoms with Crippen molar-refractivity contribution in [3.63, 3.8) is 0 Å². The lowest BCUT2D eigenvalue weighted by molar-refractivity contribution is 0.102. The van der Waals surface area contributed by atoms with Gasteiger partial charge in [0, 0.05) is 11.3 Å². The van der Waals surface area contributed by atoms with Crippen molar-refractivity contribution in [2.75, 3.05) is 5.32 Å². The van der Waals surface area contributed by atoms with Crippen molar-refractivity contribution in [3.8, 4) is 0 Å². The molecule has 0 aliphatic heterocycles. The zero-order valence-corrected chi connectivity index (χ0v) is 11.0. The molecule has 0 saturated carbocycles. The van der Waals surface area contributed by atoms with Gasteiger partial charge in [-0.1, -0.05) is 49.9 Å². The molecule has 96 valence electrons. The third kappa shape index (κ3) is 3.10. The summed E-state index contributed by atoms with van der Waals surface area (Å²) in [4.78, 5) is 12.1. The lowest BCUT2D eigenvalue weighted by atomic mass is 10.1. The monoisotopic (exact) mass is 251 g/mol. The third-order valence-electron chi connectivity index (χ3n) is 3.05. The number of para-hydroxylation sites is 1. The molecule has 0 unspecified atom stereocenters. The van der Waals surface area contributed by atoms with Crippen LogP contribution >= 0.6 is 0 Å². The summed E-state index contributed by atoms with van der Waals surface area (Å²) in [7, 11) is 0. The number of hydrogen-bond acceptors (Lipinski definition) is 1. The summed E-state index contributed by atoms with van der Waals surface area (Å²) in [6.45, 7) is 5.84. The van der Waals surface area contributed by atoms with Gasteiger partial charge in [-0.25, -0.2) is 0 Å². The maximum absolute atomic E-state index is 12.1. The van der Waals surface area contributed by atoms with E-state index in [-0.39, 0.29) is 5.91 Å². The SMILES string of the molecule is C=Cc1ccccc1NC(=O)c1ccc(CC)cc1. The molecule has 0 bridgehead atoms. The summed E-state index contributed by atoms with van der Waals surface area (Å²) >= 11 is 0. The van der Waals surface area contributed by atoms with Gasteiger partial charge in [0.2, 0.25) is 0 Å². The molecule has 0 atom stereocenters. The number of nitrogens with one attached hydrogen (secondary N) is 1. The molecule has 0 heterocycles. The first-order valence-electron chi connectivity index (χ1n) is 6.36. The Morgan fingerprint density at radius 1 is 1.16 bits per heavy atom. The number of aryl methyl sites for hydroxylation is 1. The summed E-state index contributed by atoms with van der Waals surface area (Å²) in [5, 5.41) is 2.91. The molecule has 0 fully saturated rings. The third-order valence-corrected chi connectivity index (χ3v) is 3.05. The van der Waals surface area contributed by atoms with Gasteiger partial charge in [-0.15, -0.1) is 0 Å². The molecule has 1 N–H and O–H groups in total. The molecule has 0 saturated heterocycles. The van der Waals surface area contributed by atoms with Crippen molar-refractivity contribution in [1.82, 2.24) is 0 Å². The number of hydrogen-bond donors (Lipinski definition) is 1. The van der Waals surface area contributed by atoms with E-state index in [2.05, 4.69) is 18.8 Å². The first kappa shape index (κ1) is 13.1. The molecular weight excluding hydrogens is 234 g/mol. The highest BCUT2D eigenvalue weighted by molar-refractivity contribution is 6.05. The predicted molar refractivity (Wildman–Crippen MR) is 80.3 cm³/mol. The second kappa shape index (κ2) is 6.01. The lowest BCUT2D eigenvalue weighted by Gasteiger charge is -2.08. The summed E-state index contributed by atoms with van der Waals surface area (Å²) in [6.07, 6.45) is 2.71. The Labute approximate surface area is 113 Å². The van der Waals surface area contributed by atoms with Crippen LogP contribution in [0.25, 0.3) is 6.08 Å². The van der Waals surface area contributed by atoms with Gasteiger partial charge < -0.3 is 5.32 Å². The summed E-state index contributed by atoms with van der Waals surface area (Å²) < 4.78 is 0. The van der Waals surface area contributed by atoms with E-state index in [4.69, 9.17) is 0 Å².